The predicted octanol–water partition coefficient (Wildman–Crippen LogP) is 1.85. The SMILES string of the molecule is CNC(=O)c1cccc(C(=O)N2Cc3cnnn3Cc3ccccc32)c1. The molecule has 0 radical (unpaired) electrons. The van der Waals surface area contributed by atoms with E-state index in [1.165, 1.54) is 0 Å². The minimum absolute atomic E-state index is 0.169. The van der Waals surface area contributed by atoms with Crippen molar-refractivity contribution >= 4 is 17.5 Å². The molecule has 2 aromatic carbocycles. The Labute approximate surface area is 150 Å². The number of carbonyl (C=O) groups excluding carboxylic acids is 2. The highest BCUT2D eigenvalue weighted by atomic mass is 16.2. The van der Waals surface area contributed by atoms with Gasteiger partial charge in [-0.15, -0.1) is 5.10 Å². The Hall–Kier alpha value is -3.48. The molecule has 1 aliphatic rings. The summed E-state index contributed by atoms with van der Waals surface area (Å²) in [4.78, 5) is 26.9. The smallest absolute Gasteiger partial charge is 0.258 e. The average Bonchev–Trinajstić information content (AvgIpc) is 3.06. The van der Waals surface area contributed by atoms with E-state index in [4.69, 9.17) is 0 Å². The second-order valence-electron chi connectivity index (χ2n) is 6.06. The molecule has 2 amide bonds. The number of para-hydroxylation sites is 1. The van der Waals surface area contributed by atoms with Gasteiger partial charge < -0.3 is 10.2 Å². The lowest BCUT2D eigenvalue weighted by molar-refractivity contribution is 0.0963. The Balaban J connectivity index is 1.77. The fourth-order valence-electron chi connectivity index (χ4n) is 3.13. The minimum atomic E-state index is -0.224. The van der Waals surface area contributed by atoms with Crippen LogP contribution < -0.4 is 10.2 Å². The molecule has 0 aliphatic carbocycles. The topological polar surface area (TPSA) is 80.1 Å². The van der Waals surface area contributed by atoms with Crippen molar-refractivity contribution < 1.29 is 9.59 Å². The molecule has 0 atom stereocenters. The first kappa shape index (κ1) is 16.0. The van der Waals surface area contributed by atoms with Crippen LogP contribution in [0.3, 0.4) is 0 Å². The molecule has 0 saturated carbocycles. The summed E-state index contributed by atoms with van der Waals surface area (Å²) < 4.78 is 1.80. The fraction of sp³-hybridized carbons (Fsp3) is 0.158. The van der Waals surface area contributed by atoms with Crippen molar-refractivity contribution in [3.63, 3.8) is 0 Å². The van der Waals surface area contributed by atoms with Gasteiger partial charge in [0, 0.05) is 23.9 Å². The van der Waals surface area contributed by atoms with Crippen molar-refractivity contribution in [2.45, 2.75) is 13.1 Å². The van der Waals surface area contributed by atoms with Gasteiger partial charge in [-0.1, -0.05) is 29.5 Å². The number of amides is 2. The van der Waals surface area contributed by atoms with Crippen molar-refractivity contribution in [1.29, 1.82) is 0 Å². The highest BCUT2D eigenvalue weighted by molar-refractivity contribution is 6.08. The van der Waals surface area contributed by atoms with E-state index < -0.39 is 0 Å². The maximum atomic E-state index is 13.3. The van der Waals surface area contributed by atoms with Crippen molar-refractivity contribution in [3.8, 4) is 0 Å². The molecule has 130 valence electrons. The summed E-state index contributed by atoms with van der Waals surface area (Å²) in [7, 11) is 1.57. The van der Waals surface area contributed by atoms with Crippen LogP contribution in [0.1, 0.15) is 32.0 Å². The summed E-state index contributed by atoms with van der Waals surface area (Å²) in [5.74, 6) is -0.393. The normalized spacial score (nSPS) is 12.7. The zero-order valence-electron chi connectivity index (χ0n) is 14.2. The third kappa shape index (κ3) is 2.73. The first-order valence-electron chi connectivity index (χ1n) is 8.26. The third-order valence-electron chi connectivity index (χ3n) is 4.46. The largest absolute Gasteiger partial charge is 0.355 e. The summed E-state index contributed by atoms with van der Waals surface area (Å²) in [5, 5.41) is 10.6. The van der Waals surface area contributed by atoms with Crippen LogP contribution in [-0.2, 0) is 13.1 Å². The van der Waals surface area contributed by atoms with Gasteiger partial charge >= 0.3 is 0 Å². The lowest BCUT2D eigenvalue weighted by Crippen LogP contribution is -2.31. The van der Waals surface area contributed by atoms with Crippen molar-refractivity contribution in [3.05, 3.63) is 77.1 Å². The molecule has 1 aliphatic heterocycles. The number of aromatic nitrogens is 3. The zero-order valence-corrected chi connectivity index (χ0v) is 14.2. The number of hydrogen-bond donors (Lipinski definition) is 1. The molecule has 4 rings (SSSR count). The van der Waals surface area contributed by atoms with Gasteiger partial charge in [0.2, 0.25) is 0 Å². The number of hydrogen-bond acceptors (Lipinski definition) is 4. The number of nitrogens with one attached hydrogen (secondary N) is 1. The van der Waals surface area contributed by atoms with Crippen LogP contribution in [0.15, 0.2) is 54.7 Å². The third-order valence-corrected chi connectivity index (χ3v) is 4.46. The van der Waals surface area contributed by atoms with E-state index >= 15 is 0 Å². The molecule has 0 spiro atoms. The maximum Gasteiger partial charge on any atom is 0.258 e. The van der Waals surface area contributed by atoms with Crippen LogP contribution in [0.2, 0.25) is 0 Å². The van der Waals surface area contributed by atoms with Crippen LogP contribution in [0, 0.1) is 0 Å². The van der Waals surface area contributed by atoms with Gasteiger partial charge in [0.1, 0.15) is 0 Å². The monoisotopic (exact) mass is 347 g/mol. The molecule has 0 unspecified atom stereocenters. The lowest BCUT2D eigenvalue weighted by atomic mass is 10.1. The van der Waals surface area contributed by atoms with Crippen LogP contribution >= 0.6 is 0 Å². The van der Waals surface area contributed by atoms with Crippen LogP contribution in [0.5, 0.6) is 0 Å². The van der Waals surface area contributed by atoms with Gasteiger partial charge in [-0.2, -0.15) is 0 Å². The summed E-state index contributed by atoms with van der Waals surface area (Å²) in [6.45, 7) is 0.931. The van der Waals surface area contributed by atoms with Gasteiger partial charge in [0.15, 0.2) is 0 Å². The molecule has 7 heteroatoms. The highest BCUT2D eigenvalue weighted by Crippen LogP contribution is 2.28. The number of anilines is 1. The Bertz CT molecular complexity index is 995. The fourth-order valence-corrected chi connectivity index (χ4v) is 3.13. The van der Waals surface area contributed by atoms with Crippen molar-refractivity contribution in [2.24, 2.45) is 0 Å². The Morgan fingerprint density at radius 3 is 2.69 bits per heavy atom. The lowest BCUT2D eigenvalue weighted by Gasteiger charge is -2.22. The quantitative estimate of drug-likeness (QED) is 0.767. The van der Waals surface area contributed by atoms with Gasteiger partial charge in [0.05, 0.1) is 25.0 Å². The second kappa shape index (κ2) is 6.44. The first-order chi connectivity index (χ1) is 12.7. The molecule has 7 nitrogen and oxygen atoms in total. The molecule has 0 bridgehead atoms. The Kier molecular flexibility index (Phi) is 3.96. The zero-order chi connectivity index (χ0) is 18.1. The summed E-state index contributed by atoms with van der Waals surface area (Å²) in [5.41, 5.74) is 3.60. The molecule has 26 heavy (non-hydrogen) atoms. The first-order valence-corrected chi connectivity index (χ1v) is 8.26. The molecule has 1 N–H and O–H groups in total. The molecule has 2 heterocycles. The summed E-state index contributed by atoms with van der Waals surface area (Å²) in [6.07, 6.45) is 1.67. The van der Waals surface area contributed by atoms with Crippen LogP contribution in [0.4, 0.5) is 5.69 Å². The molecule has 1 aromatic heterocycles. The van der Waals surface area contributed by atoms with Gasteiger partial charge in [-0.05, 0) is 29.8 Å². The number of carbonyl (C=O) groups is 2. The number of rotatable bonds is 2. The van der Waals surface area contributed by atoms with E-state index in [0.29, 0.717) is 24.2 Å². The number of nitrogens with zero attached hydrogens (tertiary/aromatic N) is 4. The Morgan fingerprint density at radius 2 is 1.85 bits per heavy atom. The van der Waals surface area contributed by atoms with Crippen molar-refractivity contribution in [1.82, 2.24) is 20.3 Å². The van der Waals surface area contributed by atoms with E-state index in [9.17, 15) is 9.59 Å². The van der Waals surface area contributed by atoms with E-state index in [2.05, 4.69) is 15.6 Å². The minimum Gasteiger partial charge on any atom is -0.355 e. The number of benzene rings is 2. The summed E-state index contributed by atoms with van der Waals surface area (Å²) >= 11 is 0. The second-order valence-corrected chi connectivity index (χ2v) is 6.06. The molecule has 3 aromatic rings. The van der Waals surface area contributed by atoms with Crippen LogP contribution in [-0.4, -0.2) is 33.9 Å². The van der Waals surface area contributed by atoms with E-state index in [-0.39, 0.29) is 11.8 Å². The van der Waals surface area contributed by atoms with Crippen molar-refractivity contribution in [2.75, 3.05) is 11.9 Å². The number of fused-ring (bicyclic) bond motifs is 2. The van der Waals surface area contributed by atoms with Gasteiger partial charge in [0.25, 0.3) is 11.8 Å². The predicted molar refractivity (Wildman–Crippen MR) is 95.9 cm³/mol. The van der Waals surface area contributed by atoms with Gasteiger partial charge in [-0.3, -0.25) is 9.59 Å². The van der Waals surface area contributed by atoms with Gasteiger partial charge in [-0.25, -0.2) is 4.68 Å². The van der Waals surface area contributed by atoms with E-state index in [1.807, 2.05) is 24.3 Å². The molecular formula is C19H17N5O2. The molecular weight excluding hydrogens is 330 g/mol. The molecule has 0 saturated heterocycles. The standard InChI is InChI=1S/C19H17N5O2/c1-20-18(25)13-6-4-7-14(9-13)19(26)23-12-16-10-21-22-24(16)11-15-5-2-3-8-17(15)23/h2-10H,11-12H2,1H3,(H,20,25). The van der Waals surface area contributed by atoms with Crippen LogP contribution in [0.25, 0.3) is 0 Å². The molecule has 0 fully saturated rings. The highest BCUT2D eigenvalue weighted by Gasteiger charge is 2.26. The van der Waals surface area contributed by atoms with E-state index in [0.717, 1.165) is 16.9 Å². The average molecular weight is 347 g/mol. The Morgan fingerprint density at radius 1 is 1.04 bits per heavy atom. The van der Waals surface area contributed by atoms with E-state index in [1.54, 1.807) is 47.1 Å². The summed E-state index contributed by atoms with van der Waals surface area (Å²) in [6, 6.07) is 14.5. The maximum absolute atomic E-state index is 13.3.